The van der Waals surface area contributed by atoms with Gasteiger partial charge in [-0.15, -0.1) is 0 Å². The lowest BCUT2D eigenvalue weighted by Crippen LogP contribution is -2.53. The topological polar surface area (TPSA) is 56.8 Å². The van der Waals surface area contributed by atoms with Crippen molar-refractivity contribution in [3.05, 3.63) is 64.9 Å². The molecular formula is C22H25ClN4O2. The van der Waals surface area contributed by atoms with Crippen LogP contribution in [0.15, 0.2) is 48.8 Å². The molecule has 2 amide bonds. The fourth-order valence-corrected chi connectivity index (χ4v) is 4.45. The summed E-state index contributed by atoms with van der Waals surface area (Å²) in [5.74, 6) is -0.164. The molecule has 4 rings (SSSR count). The van der Waals surface area contributed by atoms with Gasteiger partial charge in [0.05, 0.1) is 5.92 Å². The van der Waals surface area contributed by atoms with E-state index in [0.717, 1.165) is 30.1 Å². The lowest BCUT2D eigenvalue weighted by atomic mass is 9.90. The number of carbonyl (C=O) groups excluding carboxylic acids is 2. The Morgan fingerprint density at radius 2 is 1.90 bits per heavy atom. The first kappa shape index (κ1) is 19.9. The number of hydrogen-bond donors (Lipinski definition) is 0. The van der Waals surface area contributed by atoms with E-state index in [1.165, 1.54) is 5.56 Å². The van der Waals surface area contributed by atoms with E-state index in [1.54, 1.807) is 22.2 Å². The van der Waals surface area contributed by atoms with Gasteiger partial charge in [-0.1, -0.05) is 29.8 Å². The number of aromatic nitrogens is 1. The third kappa shape index (κ3) is 4.43. The molecule has 152 valence electrons. The largest absolute Gasteiger partial charge is 0.340 e. The molecule has 2 aliphatic rings. The van der Waals surface area contributed by atoms with Crippen molar-refractivity contribution in [2.75, 3.05) is 26.7 Å². The van der Waals surface area contributed by atoms with Gasteiger partial charge in [-0.3, -0.25) is 19.5 Å². The monoisotopic (exact) mass is 412 g/mol. The highest BCUT2D eigenvalue weighted by molar-refractivity contribution is 6.30. The number of nitrogens with zero attached hydrogens (tertiary/aromatic N) is 4. The molecule has 0 aliphatic carbocycles. The number of benzene rings is 1. The lowest BCUT2D eigenvalue weighted by molar-refractivity contribution is -0.138. The van der Waals surface area contributed by atoms with Crippen molar-refractivity contribution in [2.45, 2.75) is 25.6 Å². The van der Waals surface area contributed by atoms with Crippen LogP contribution in [0.1, 0.15) is 17.5 Å². The quantitative estimate of drug-likeness (QED) is 0.773. The Hall–Kier alpha value is -2.44. The lowest BCUT2D eigenvalue weighted by Gasteiger charge is -2.40. The van der Waals surface area contributed by atoms with Crippen molar-refractivity contribution in [1.82, 2.24) is 19.7 Å². The number of amides is 2. The Morgan fingerprint density at radius 3 is 2.62 bits per heavy atom. The molecule has 2 atom stereocenters. The first-order valence-corrected chi connectivity index (χ1v) is 10.3. The zero-order chi connectivity index (χ0) is 20.4. The molecule has 2 saturated heterocycles. The number of hydrogen-bond acceptors (Lipinski definition) is 4. The molecule has 1 aromatic heterocycles. The average molecular weight is 413 g/mol. The normalized spacial score (nSPS) is 23.1. The molecule has 0 unspecified atom stereocenters. The summed E-state index contributed by atoms with van der Waals surface area (Å²) in [5.41, 5.74) is 2.11. The second kappa shape index (κ2) is 8.51. The number of piperidine rings is 1. The van der Waals surface area contributed by atoms with E-state index in [-0.39, 0.29) is 30.3 Å². The Balaban J connectivity index is 1.52. The van der Waals surface area contributed by atoms with Crippen LogP contribution >= 0.6 is 11.6 Å². The number of carbonyl (C=O) groups is 2. The maximum atomic E-state index is 13.4. The highest BCUT2D eigenvalue weighted by Crippen LogP contribution is 2.28. The van der Waals surface area contributed by atoms with E-state index in [9.17, 15) is 9.59 Å². The molecule has 0 bridgehead atoms. The Labute approximate surface area is 176 Å². The van der Waals surface area contributed by atoms with Gasteiger partial charge in [0.25, 0.3) is 0 Å². The molecule has 0 N–H and O–H groups in total. The van der Waals surface area contributed by atoms with Crippen molar-refractivity contribution < 1.29 is 9.59 Å². The Kier molecular flexibility index (Phi) is 5.83. The van der Waals surface area contributed by atoms with Gasteiger partial charge in [-0.05, 0) is 35.7 Å². The zero-order valence-electron chi connectivity index (χ0n) is 16.5. The van der Waals surface area contributed by atoms with E-state index >= 15 is 0 Å². The van der Waals surface area contributed by atoms with E-state index in [2.05, 4.69) is 9.88 Å². The summed E-state index contributed by atoms with van der Waals surface area (Å²) in [7, 11) is 1.83. The van der Waals surface area contributed by atoms with Crippen LogP contribution in [-0.4, -0.2) is 64.2 Å². The highest BCUT2D eigenvalue weighted by atomic mass is 35.5. The zero-order valence-corrected chi connectivity index (χ0v) is 17.3. The molecule has 0 saturated carbocycles. The fraction of sp³-hybridized carbons (Fsp3) is 0.409. The predicted octanol–water partition coefficient (Wildman–Crippen LogP) is 2.43. The minimum Gasteiger partial charge on any atom is -0.340 e. The summed E-state index contributed by atoms with van der Waals surface area (Å²) in [4.78, 5) is 36.0. The molecule has 6 nitrogen and oxygen atoms in total. The molecule has 0 radical (unpaired) electrons. The van der Waals surface area contributed by atoms with Crippen molar-refractivity contribution in [3.63, 3.8) is 0 Å². The number of rotatable bonds is 4. The van der Waals surface area contributed by atoms with Gasteiger partial charge in [-0.25, -0.2) is 0 Å². The van der Waals surface area contributed by atoms with Gasteiger partial charge < -0.3 is 9.80 Å². The smallest absolute Gasteiger partial charge is 0.242 e. The van der Waals surface area contributed by atoms with Crippen LogP contribution in [0.4, 0.5) is 0 Å². The maximum absolute atomic E-state index is 13.4. The molecular weight excluding hydrogens is 388 g/mol. The number of likely N-dealkylation sites (tertiary alicyclic amines) is 1. The third-order valence-corrected chi connectivity index (χ3v) is 6.17. The predicted molar refractivity (Wildman–Crippen MR) is 111 cm³/mol. The minimum absolute atomic E-state index is 0.000826. The molecule has 2 fully saturated rings. The maximum Gasteiger partial charge on any atom is 0.242 e. The Morgan fingerprint density at radius 1 is 1.10 bits per heavy atom. The molecule has 0 spiro atoms. The Bertz CT molecular complexity index is 874. The van der Waals surface area contributed by atoms with Crippen molar-refractivity contribution in [1.29, 1.82) is 0 Å². The van der Waals surface area contributed by atoms with E-state index in [4.69, 9.17) is 11.6 Å². The molecule has 3 heterocycles. The van der Waals surface area contributed by atoms with Gasteiger partial charge in [0, 0.05) is 56.7 Å². The minimum atomic E-state index is -0.218. The van der Waals surface area contributed by atoms with E-state index in [0.29, 0.717) is 13.1 Å². The second-order valence-corrected chi connectivity index (χ2v) is 8.32. The van der Waals surface area contributed by atoms with Gasteiger partial charge in [-0.2, -0.15) is 0 Å². The fourth-order valence-electron chi connectivity index (χ4n) is 4.32. The van der Waals surface area contributed by atoms with E-state index in [1.807, 2.05) is 43.4 Å². The standard InChI is InChI=1S/C22H25ClN4O2/c1-25-20-8-10-26(12-16-4-6-18(23)7-5-16)14-19(20)22(29)27(15-21(25)28)13-17-3-2-9-24-11-17/h2-7,9,11,19-20H,8,10,12-15H2,1H3/t19-,20+/m0/s1. The summed E-state index contributed by atoms with van der Waals surface area (Å²) < 4.78 is 0. The number of halogens is 1. The van der Waals surface area contributed by atoms with Crippen LogP contribution in [0.2, 0.25) is 5.02 Å². The van der Waals surface area contributed by atoms with Crippen LogP contribution in [0.3, 0.4) is 0 Å². The molecule has 29 heavy (non-hydrogen) atoms. The van der Waals surface area contributed by atoms with Crippen molar-refractivity contribution in [2.24, 2.45) is 5.92 Å². The number of pyridine rings is 1. The summed E-state index contributed by atoms with van der Waals surface area (Å²) in [6, 6.07) is 11.6. The summed E-state index contributed by atoms with van der Waals surface area (Å²) in [6.07, 6.45) is 4.25. The molecule has 2 aliphatic heterocycles. The van der Waals surface area contributed by atoms with Gasteiger partial charge >= 0.3 is 0 Å². The summed E-state index contributed by atoms with van der Waals surface area (Å²) in [5, 5.41) is 0.720. The number of likely N-dealkylation sites (N-methyl/N-ethyl adjacent to an activating group) is 1. The van der Waals surface area contributed by atoms with Gasteiger partial charge in [0.15, 0.2) is 0 Å². The average Bonchev–Trinajstić information content (AvgIpc) is 2.82. The van der Waals surface area contributed by atoms with E-state index < -0.39 is 0 Å². The molecule has 7 heteroatoms. The SMILES string of the molecule is CN1C(=O)CN(Cc2cccnc2)C(=O)[C@H]2CN(Cc3ccc(Cl)cc3)CC[C@H]21. The van der Waals surface area contributed by atoms with Crippen LogP contribution < -0.4 is 0 Å². The number of fused-ring (bicyclic) bond motifs is 1. The summed E-state index contributed by atoms with van der Waals surface area (Å²) in [6.45, 7) is 2.81. The van der Waals surface area contributed by atoms with Crippen LogP contribution in [-0.2, 0) is 22.7 Å². The molecule has 1 aromatic carbocycles. The third-order valence-electron chi connectivity index (χ3n) is 5.92. The van der Waals surface area contributed by atoms with Crippen molar-refractivity contribution >= 4 is 23.4 Å². The summed E-state index contributed by atoms with van der Waals surface area (Å²) >= 11 is 5.99. The second-order valence-electron chi connectivity index (χ2n) is 7.88. The van der Waals surface area contributed by atoms with Gasteiger partial charge in [0.2, 0.25) is 11.8 Å². The first-order chi connectivity index (χ1) is 14.0. The first-order valence-electron chi connectivity index (χ1n) is 9.91. The van der Waals surface area contributed by atoms with Crippen LogP contribution in [0.25, 0.3) is 0 Å². The highest BCUT2D eigenvalue weighted by Gasteiger charge is 2.43. The van der Waals surface area contributed by atoms with Crippen LogP contribution in [0, 0.1) is 5.92 Å². The molecule has 2 aromatic rings. The van der Waals surface area contributed by atoms with Crippen molar-refractivity contribution in [3.8, 4) is 0 Å². The van der Waals surface area contributed by atoms with Crippen LogP contribution in [0.5, 0.6) is 0 Å². The van der Waals surface area contributed by atoms with Gasteiger partial charge in [0.1, 0.15) is 6.54 Å².